The molecular formula is C40H56O4. The predicted molar refractivity (Wildman–Crippen MR) is 184 cm³/mol. The highest BCUT2D eigenvalue weighted by Crippen LogP contribution is 2.66. The summed E-state index contributed by atoms with van der Waals surface area (Å²) in [6.07, 6.45) is 28.5. The summed E-state index contributed by atoms with van der Waals surface area (Å²) in [5, 5.41) is 31.2. The van der Waals surface area contributed by atoms with E-state index in [9.17, 15) is 15.3 Å². The van der Waals surface area contributed by atoms with Gasteiger partial charge in [0, 0.05) is 23.8 Å². The van der Waals surface area contributed by atoms with Crippen molar-refractivity contribution in [1.82, 2.24) is 0 Å². The molecule has 1 heterocycles. The second kappa shape index (κ2) is 13.7. The zero-order valence-corrected chi connectivity index (χ0v) is 28.7. The number of allylic oxidation sites excluding steroid dienone is 15. The minimum absolute atomic E-state index is 0.103. The summed E-state index contributed by atoms with van der Waals surface area (Å²) in [5.74, 6) is 0. The van der Waals surface area contributed by atoms with E-state index in [0.29, 0.717) is 19.3 Å². The molecule has 2 saturated carbocycles. The van der Waals surface area contributed by atoms with Crippen molar-refractivity contribution in [3.63, 3.8) is 0 Å². The van der Waals surface area contributed by atoms with Crippen molar-refractivity contribution in [2.75, 3.05) is 0 Å². The SMILES string of the molecule is CC(/C=C\C=C(C)\C=C\[C@@]12O[C@]1(C)C[C@@H](O)CC2(C)C)=C/C=C/C=C(C)/C=C/C=C(\C)C=C=C1C(C)(C)C[C@H](O)C[C@@]1(C)O. The van der Waals surface area contributed by atoms with Crippen LogP contribution >= 0.6 is 0 Å². The van der Waals surface area contributed by atoms with Crippen molar-refractivity contribution in [1.29, 1.82) is 0 Å². The topological polar surface area (TPSA) is 73.2 Å². The number of ether oxygens (including phenoxy) is 1. The number of fused-ring (bicyclic) bond motifs is 1. The molecule has 4 heteroatoms. The van der Waals surface area contributed by atoms with Crippen LogP contribution in [0.1, 0.15) is 94.9 Å². The van der Waals surface area contributed by atoms with Crippen molar-refractivity contribution in [3.05, 3.63) is 113 Å². The van der Waals surface area contributed by atoms with Crippen molar-refractivity contribution in [3.8, 4) is 0 Å². The van der Waals surface area contributed by atoms with Gasteiger partial charge in [0.15, 0.2) is 0 Å². The molecular weight excluding hydrogens is 544 g/mol. The van der Waals surface area contributed by atoms with E-state index in [0.717, 1.165) is 34.3 Å². The van der Waals surface area contributed by atoms with E-state index in [1.165, 1.54) is 0 Å². The molecule has 0 aromatic carbocycles. The summed E-state index contributed by atoms with van der Waals surface area (Å²) < 4.78 is 6.24. The average molecular weight is 601 g/mol. The lowest BCUT2D eigenvalue weighted by molar-refractivity contribution is -0.0268. The van der Waals surface area contributed by atoms with Gasteiger partial charge in [-0.3, -0.25) is 0 Å². The fraction of sp³-hybridized carbons (Fsp3) is 0.525. The lowest BCUT2D eigenvalue weighted by Gasteiger charge is -2.43. The third-order valence-corrected chi connectivity index (χ3v) is 9.39. The zero-order chi connectivity index (χ0) is 33.0. The Balaban J connectivity index is 1.53. The van der Waals surface area contributed by atoms with Gasteiger partial charge in [0.25, 0.3) is 0 Å². The molecule has 1 saturated heterocycles. The van der Waals surface area contributed by atoms with E-state index >= 15 is 0 Å². The zero-order valence-electron chi connectivity index (χ0n) is 28.7. The number of hydrogen-bond acceptors (Lipinski definition) is 4. The van der Waals surface area contributed by atoms with Crippen molar-refractivity contribution >= 4 is 0 Å². The molecule has 0 radical (unpaired) electrons. The van der Waals surface area contributed by atoms with Crippen molar-refractivity contribution < 1.29 is 20.1 Å². The molecule has 0 amide bonds. The van der Waals surface area contributed by atoms with Crippen LogP contribution in [0.25, 0.3) is 0 Å². The smallest absolute Gasteiger partial charge is 0.121 e. The van der Waals surface area contributed by atoms with Crippen LogP contribution in [0.3, 0.4) is 0 Å². The van der Waals surface area contributed by atoms with Gasteiger partial charge in [0.1, 0.15) is 11.2 Å². The molecule has 0 unspecified atom stereocenters. The van der Waals surface area contributed by atoms with Gasteiger partial charge in [-0.15, -0.1) is 5.73 Å². The van der Waals surface area contributed by atoms with E-state index in [1.807, 2.05) is 37.3 Å². The average Bonchev–Trinajstić information content (AvgIpc) is 3.49. The van der Waals surface area contributed by atoms with Crippen LogP contribution in [0.4, 0.5) is 0 Å². The second-order valence-electron chi connectivity index (χ2n) is 15.0. The second-order valence-corrected chi connectivity index (χ2v) is 15.0. The first kappa shape index (κ1) is 35.8. The molecule has 4 nitrogen and oxygen atoms in total. The minimum atomic E-state index is -1.05. The van der Waals surface area contributed by atoms with Crippen LogP contribution in [0.15, 0.2) is 113 Å². The van der Waals surface area contributed by atoms with E-state index in [4.69, 9.17) is 4.74 Å². The fourth-order valence-electron chi connectivity index (χ4n) is 7.25. The van der Waals surface area contributed by atoms with Crippen molar-refractivity contribution in [2.45, 2.75) is 124 Å². The molecule has 1 aliphatic heterocycles. The molecule has 3 aliphatic rings. The van der Waals surface area contributed by atoms with Crippen LogP contribution in [-0.4, -0.2) is 44.3 Å². The molecule has 240 valence electrons. The molecule has 5 atom stereocenters. The highest BCUT2D eigenvalue weighted by molar-refractivity contribution is 5.37. The number of rotatable bonds is 9. The molecule has 3 N–H and O–H groups in total. The van der Waals surface area contributed by atoms with Gasteiger partial charge in [-0.2, -0.15) is 0 Å². The third kappa shape index (κ3) is 8.71. The lowest BCUT2D eigenvalue weighted by atomic mass is 9.63. The first-order chi connectivity index (χ1) is 20.3. The van der Waals surface area contributed by atoms with Gasteiger partial charge in [0.05, 0.1) is 17.8 Å². The highest BCUT2D eigenvalue weighted by Gasteiger charge is 2.74. The number of aliphatic hydroxyl groups excluding tert-OH is 2. The minimum Gasteiger partial charge on any atom is -0.393 e. The van der Waals surface area contributed by atoms with Gasteiger partial charge in [-0.05, 0) is 77.5 Å². The molecule has 0 aromatic heterocycles. The Hall–Kier alpha value is -2.72. The largest absolute Gasteiger partial charge is 0.393 e. The van der Waals surface area contributed by atoms with Gasteiger partial charge in [-0.1, -0.05) is 111 Å². The van der Waals surface area contributed by atoms with Crippen LogP contribution in [0, 0.1) is 10.8 Å². The van der Waals surface area contributed by atoms with E-state index < -0.39 is 11.7 Å². The summed E-state index contributed by atoms with van der Waals surface area (Å²) in [6.45, 7) is 20.6. The lowest BCUT2D eigenvalue weighted by Crippen LogP contribution is -2.46. The summed E-state index contributed by atoms with van der Waals surface area (Å²) in [5.41, 5.74) is 6.63. The molecule has 0 spiro atoms. The summed E-state index contributed by atoms with van der Waals surface area (Å²) >= 11 is 0. The normalized spacial score (nSPS) is 34.7. The molecule has 2 aliphatic carbocycles. The van der Waals surface area contributed by atoms with E-state index in [2.05, 4.69) is 110 Å². The molecule has 0 bridgehead atoms. The Morgan fingerprint density at radius 1 is 0.682 bits per heavy atom. The Morgan fingerprint density at radius 3 is 1.73 bits per heavy atom. The van der Waals surface area contributed by atoms with Gasteiger partial charge >= 0.3 is 0 Å². The summed E-state index contributed by atoms with van der Waals surface area (Å²) in [6, 6.07) is 0. The van der Waals surface area contributed by atoms with E-state index in [-0.39, 0.29) is 28.1 Å². The van der Waals surface area contributed by atoms with E-state index in [1.54, 1.807) is 6.92 Å². The number of aliphatic hydroxyl groups is 3. The van der Waals surface area contributed by atoms with Crippen LogP contribution in [0.5, 0.6) is 0 Å². The van der Waals surface area contributed by atoms with Crippen LogP contribution in [0.2, 0.25) is 0 Å². The Bertz CT molecular complexity index is 1360. The quantitative estimate of drug-likeness (QED) is 0.141. The third-order valence-electron chi connectivity index (χ3n) is 9.39. The Morgan fingerprint density at radius 2 is 1.18 bits per heavy atom. The first-order valence-electron chi connectivity index (χ1n) is 16.0. The monoisotopic (exact) mass is 600 g/mol. The predicted octanol–water partition coefficient (Wildman–Crippen LogP) is 8.72. The fourth-order valence-corrected chi connectivity index (χ4v) is 7.25. The maximum atomic E-state index is 10.9. The molecule has 0 aromatic rings. The number of epoxide rings is 1. The van der Waals surface area contributed by atoms with Crippen molar-refractivity contribution in [2.24, 2.45) is 10.8 Å². The number of hydrogen-bond donors (Lipinski definition) is 3. The maximum Gasteiger partial charge on any atom is 0.121 e. The standard InChI is InChI=1S/C40H56O4/c1-29(17-13-19-31(3)21-22-35-36(5,6)25-33(41)27-38(35,9)43)15-11-12-16-30(2)18-14-20-32(4)23-24-40-37(7,8)26-34(42)28-39(40,10)44-40/h11-21,23-24,33-34,41-43H,25-28H2,1-10H3/b12-11+,17-13+,18-14-,24-23+,29-15+,30-16-,31-19+,32-20+/t22?,33-,34-,38+,39+,40-/m0/s1. The Labute approximate surface area is 267 Å². The first-order valence-corrected chi connectivity index (χ1v) is 16.0. The summed E-state index contributed by atoms with van der Waals surface area (Å²) in [4.78, 5) is 0. The van der Waals surface area contributed by atoms with Gasteiger partial charge in [-0.25, -0.2) is 0 Å². The van der Waals surface area contributed by atoms with Crippen LogP contribution < -0.4 is 0 Å². The molecule has 3 fully saturated rings. The maximum absolute atomic E-state index is 10.9. The summed E-state index contributed by atoms with van der Waals surface area (Å²) in [7, 11) is 0. The molecule has 3 rings (SSSR count). The van der Waals surface area contributed by atoms with Gasteiger partial charge in [0.2, 0.25) is 0 Å². The highest BCUT2D eigenvalue weighted by atomic mass is 16.6. The van der Waals surface area contributed by atoms with Gasteiger partial charge < -0.3 is 20.1 Å². The van der Waals surface area contributed by atoms with Crippen LogP contribution in [-0.2, 0) is 4.74 Å². The molecule has 44 heavy (non-hydrogen) atoms. The Kier molecular flexibility index (Phi) is 11.2.